The largest absolute Gasteiger partial charge is 0.303 e. The summed E-state index contributed by atoms with van der Waals surface area (Å²) in [6.07, 6.45) is 6.95. The van der Waals surface area contributed by atoms with Gasteiger partial charge in [-0.3, -0.25) is 4.98 Å². The van der Waals surface area contributed by atoms with Gasteiger partial charge in [-0.2, -0.15) is 0 Å². The van der Waals surface area contributed by atoms with Gasteiger partial charge in [-0.1, -0.05) is 0 Å². The second-order valence-corrected chi connectivity index (χ2v) is 3.28. The standard InChI is InChI=1S/C10H11NO/c12-7-10(8-1-2-8)9-3-5-11-6-4-9/h3-8,10H,1-2H2. The quantitative estimate of drug-likeness (QED) is 0.632. The van der Waals surface area contributed by atoms with Crippen LogP contribution in [0.5, 0.6) is 0 Å². The molecular formula is C10H11NO. The van der Waals surface area contributed by atoms with Crippen LogP contribution in [-0.4, -0.2) is 11.3 Å². The molecule has 0 amide bonds. The molecule has 1 atom stereocenters. The molecule has 0 saturated heterocycles. The summed E-state index contributed by atoms with van der Waals surface area (Å²) in [5.41, 5.74) is 1.11. The Morgan fingerprint density at radius 1 is 1.42 bits per heavy atom. The third-order valence-corrected chi connectivity index (χ3v) is 2.37. The highest BCUT2D eigenvalue weighted by Crippen LogP contribution is 2.41. The zero-order valence-corrected chi connectivity index (χ0v) is 6.81. The number of pyridine rings is 1. The third-order valence-electron chi connectivity index (χ3n) is 2.37. The topological polar surface area (TPSA) is 30.0 Å². The van der Waals surface area contributed by atoms with E-state index in [0.29, 0.717) is 5.92 Å². The molecule has 0 radical (unpaired) electrons. The smallest absolute Gasteiger partial charge is 0.127 e. The van der Waals surface area contributed by atoms with E-state index >= 15 is 0 Å². The molecule has 1 saturated carbocycles. The van der Waals surface area contributed by atoms with Gasteiger partial charge >= 0.3 is 0 Å². The number of nitrogens with zero attached hydrogens (tertiary/aromatic N) is 1. The highest BCUT2D eigenvalue weighted by atomic mass is 16.1. The predicted molar refractivity (Wildman–Crippen MR) is 45.8 cm³/mol. The molecule has 1 unspecified atom stereocenters. The lowest BCUT2D eigenvalue weighted by Crippen LogP contribution is -2.02. The van der Waals surface area contributed by atoms with Crippen molar-refractivity contribution in [3.63, 3.8) is 0 Å². The molecule has 1 heterocycles. The number of aldehydes is 1. The van der Waals surface area contributed by atoms with Gasteiger partial charge in [0.25, 0.3) is 0 Å². The third kappa shape index (κ3) is 1.37. The van der Waals surface area contributed by atoms with Crippen molar-refractivity contribution in [2.75, 3.05) is 0 Å². The van der Waals surface area contributed by atoms with Crippen LogP contribution in [0.25, 0.3) is 0 Å². The summed E-state index contributed by atoms with van der Waals surface area (Å²) in [7, 11) is 0. The molecule has 1 aliphatic carbocycles. The van der Waals surface area contributed by atoms with E-state index in [9.17, 15) is 4.79 Å². The Morgan fingerprint density at radius 3 is 2.58 bits per heavy atom. The van der Waals surface area contributed by atoms with E-state index in [1.807, 2.05) is 12.1 Å². The van der Waals surface area contributed by atoms with Crippen molar-refractivity contribution < 1.29 is 4.79 Å². The number of hydrogen-bond acceptors (Lipinski definition) is 2. The fraction of sp³-hybridized carbons (Fsp3) is 0.400. The van der Waals surface area contributed by atoms with Gasteiger partial charge in [-0.15, -0.1) is 0 Å². The monoisotopic (exact) mass is 161 g/mol. The molecule has 0 aliphatic heterocycles. The molecule has 1 aromatic heterocycles. The second kappa shape index (κ2) is 3.05. The summed E-state index contributed by atoms with van der Waals surface area (Å²) in [6, 6.07) is 3.86. The maximum Gasteiger partial charge on any atom is 0.127 e. The molecule has 0 spiro atoms. The van der Waals surface area contributed by atoms with Crippen LogP contribution in [0.1, 0.15) is 24.3 Å². The minimum absolute atomic E-state index is 0.119. The first-order valence-corrected chi connectivity index (χ1v) is 4.27. The van der Waals surface area contributed by atoms with E-state index in [-0.39, 0.29) is 5.92 Å². The molecule has 1 fully saturated rings. The van der Waals surface area contributed by atoms with E-state index < -0.39 is 0 Å². The van der Waals surface area contributed by atoms with Gasteiger partial charge in [-0.25, -0.2) is 0 Å². The fourth-order valence-corrected chi connectivity index (χ4v) is 1.50. The fourth-order valence-electron chi connectivity index (χ4n) is 1.50. The maximum absolute atomic E-state index is 10.8. The van der Waals surface area contributed by atoms with Crippen molar-refractivity contribution in [1.82, 2.24) is 4.98 Å². The minimum atomic E-state index is 0.119. The van der Waals surface area contributed by atoms with Crippen LogP contribution < -0.4 is 0 Å². The molecule has 0 N–H and O–H groups in total. The average Bonchev–Trinajstić information content (AvgIpc) is 2.92. The number of aromatic nitrogens is 1. The van der Waals surface area contributed by atoms with Crippen molar-refractivity contribution in [3.05, 3.63) is 30.1 Å². The molecule has 2 rings (SSSR count). The lowest BCUT2D eigenvalue weighted by molar-refractivity contribution is -0.109. The van der Waals surface area contributed by atoms with Crippen molar-refractivity contribution in [3.8, 4) is 0 Å². The molecule has 0 bridgehead atoms. The first kappa shape index (κ1) is 7.47. The lowest BCUT2D eigenvalue weighted by Gasteiger charge is -2.07. The molecule has 0 aromatic carbocycles. The summed E-state index contributed by atoms with van der Waals surface area (Å²) in [4.78, 5) is 14.7. The second-order valence-electron chi connectivity index (χ2n) is 3.28. The van der Waals surface area contributed by atoms with Crippen LogP contribution in [0.15, 0.2) is 24.5 Å². The van der Waals surface area contributed by atoms with E-state index in [2.05, 4.69) is 4.98 Å². The molecule has 62 valence electrons. The van der Waals surface area contributed by atoms with E-state index in [1.165, 1.54) is 12.8 Å². The Morgan fingerprint density at radius 2 is 2.08 bits per heavy atom. The number of carbonyl (C=O) groups excluding carboxylic acids is 1. The zero-order chi connectivity index (χ0) is 8.39. The highest BCUT2D eigenvalue weighted by Gasteiger charge is 2.31. The lowest BCUT2D eigenvalue weighted by atomic mass is 9.97. The van der Waals surface area contributed by atoms with E-state index in [4.69, 9.17) is 0 Å². The molecule has 2 nitrogen and oxygen atoms in total. The minimum Gasteiger partial charge on any atom is -0.303 e. The van der Waals surface area contributed by atoms with Gasteiger partial charge in [-0.05, 0) is 36.5 Å². The molecule has 2 heteroatoms. The Kier molecular flexibility index (Phi) is 1.90. The van der Waals surface area contributed by atoms with Gasteiger partial charge in [0.15, 0.2) is 0 Å². The SMILES string of the molecule is O=CC(c1ccncc1)C1CC1. The molecule has 1 aliphatic rings. The highest BCUT2D eigenvalue weighted by molar-refractivity contribution is 5.63. The normalized spacial score (nSPS) is 18.7. The van der Waals surface area contributed by atoms with Crippen molar-refractivity contribution in [2.24, 2.45) is 5.92 Å². The van der Waals surface area contributed by atoms with Crippen molar-refractivity contribution >= 4 is 6.29 Å². The maximum atomic E-state index is 10.8. The number of hydrogen-bond donors (Lipinski definition) is 0. The van der Waals surface area contributed by atoms with Crippen LogP contribution in [0, 0.1) is 5.92 Å². The van der Waals surface area contributed by atoms with Gasteiger partial charge in [0.05, 0.1) is 0 Å². The van der Waals surface area contributed by atoms with Crippen LogP contribution in [0.2, 0.25) is 0 Å². The Labute approximate surface area is 71.6 Å². The van der Waals surface area contributed by atoms with Crippen molar-refractivity contribution in [2.45, 2.75) is 18.8 Å². The van der Waals surface area contributed by atoms with Gasteiger partial charge in [0, 0.05) is 18.3 Å². The van der Waals surface area contributed by atoms with Gasteiger partial charge in [0.2, 0.25) is 0 Å². The van der Waals surface area contributed by atoms with E-state index in [1.54, 1.807) is 12.4 Å². The number of carbonyl (C=O) groups is 1. The molecule has 1 aromatic rings. The Bertz CT molecular complexity index is 266. The van der Waals surface area contributed by atoms with Gasteiger partial charge in [0.1, 0.15) is 6.29 Å². The summed E-state index contributed by atoms with van der Waals surface area (Å²) in [5.74, 6) is 0.720. The Hall–Kier alpha value is -1.18. The zero-order valence-electron chi connectivity index (χ0n) is 6.81. The first-order valence-electron chi connectivity index (χ1n) is 4.27. The number of rotatable bonds is 3. The van der Waals surface area contributed by atoms with Crippen molar-refractivity contribution in [1.29, 1.82) is 0 Å². The Balaban J connectivity index is 2.21. The van der Waals surface area contributed by atoms with Crippen LogP contribution in [0.3, 0.4) is 0 Å². The summed E-state index contributed by atoms with van der Waals surface area (Å²) < 4.78 is 0. The van der Waals surface area contributed by atoms with Crippen LogP contribution in [0.4, 0.5) is 0 Å². The predicted octanol–water partition coefficient (Wildman–Crippen LogP) is 1.77. The molecular weight excluding hydrogens is 150 g/mol. The van der Waals surface area contributed by atoms with E-state index in [0.717, 1.165) is 11.8 Å². The molecule has 12 heavy (non-hydrogen) atoms. The summed E-state index contributed by atoms with van der Waals surface area (Å²) in [5, 5.41) is 0. The summed E-state index contributed by atoms with van der Waals surface area (Å²) >= 11 is 0. The average molecular weight is 161 g/mol. The van der Waals surface area contributed by atoms with Gasteiger partial charge < -0.3 is 4.79 Å². The van der Waals surface area contributed by atoms with Crippen LogP contribution >= 0.6 is 0 Å². The summed E-state index contributed by atoms with van der Waals surface area (Å²) in [6.45, 7) is 0. The first-order chi connectivity index (χ1) is 5.92. The van der Waals surface area contributed by atoms with Crippen LogP contribution in [-0.2, 0) is 4.79 Å².